The van der Waals surface area contributed by atoms with E-state index in [2.05, 4.69) is 18.7 Å². The fourth-order valence-electron chi connectivity index (χ4n) is 2.68. The van der Waals surface area contributed by atoms with Gasteiger partial charge >= 0.3 is 6.18 Å². The molecule has 0 radical (unpaired) electrons. The van der Waals surface area contributed by atoms with E-state index >= 15 is 0 Å². The van der Waals surface area contributed by atoms with Crippen LogP contribution in [-0.2, 0) is 12.7 Å². The van der Waals surface area contributed by atoms with Gasteiger partial charge in [0.25, 0.3) is 0 Å². The minimum atomic E-state index is -4.27. The first-order valence-corrected chi connectivity index (χ1v) is 6.82. The van der Waals surface area contributed by atoms with Gasteiger partial charge in [-0.25, -0.2) is 0 Å². The number of halogens is 3. The molecule has 2 rings (SSSR count). The largest absolute Gasteiger partial charge is 0.416 e. The molecule has 1 saturated heterocycles. The van der Waals surface area contributed by atoms with Crippen LogP contribution in [0.5, 0.6) is 0 Å². The Bertz CT molecular complexity index is 451. The van der Waals surface area contributed by atoms with Gasteiger partial charge in [-0.1, -0.05) is 26.0 Å². The summed E-state index contributed by atoms with van der Waals surface area (Å²) in [5.41, 5.74) is 6.44. The van der Waals surface area contributed by atoms with Crippen molar-refractivity contribution in [2.45, 2.75) is 39.0 Å². The van der Waals surface area contributed by atoms with Gasteiger partial charge in [0.05, 0.1) is 5.56 Å². The molecule has 1 aliphatic heterocycles. The molecule has 1 aromatic carbocycles. The Kier molecular flexibility index (Phi) is 4.12. The van der Waals surface area contributed by atoms with Crippen molar-refractivity contribution in [2.75, 3.05) is 13.1 Å². The number of hydrogen-bond acceptors (Lipinski definition) is 2. The molecule has 1 fully saturated rings. The van der Waals surface area contributed by atoms with Gasteiger partial charge in [0, 0.05) is 25.7 Å². The molecule has 0 saturated carbocycles. The predicted octanol–water partition coefficient (Wildman–Crippen LogP) is 3.26. The molecule has 1 aromatic rings. The van der Waals surface area contributed by atoms with Crippen LogP contribution in [-0.4, -0.2) is 24.0 Å². The van der Waals surface area contributed by atoms with Crippen LogP contribution in [0.4, 0.5) is 13.2 Å². The normalized spacial score (nSPS) is 23.8. The number of hydrogen-bond donors (Lipinski definition) is 1. The van der Waals surface area contributed by atoms with Crippen molar-refractivity contribution in [3.05, 3.63) is 35.4 Å². The highest BCUT2D eigenvalue weighted by Gasteiger charge is 2.33. The minimum Gasteiger partial charge on any atom is -0.327 e. The van der Waals surface area contributed by atoms with E-state index < -0.39 is 11.7 Å². The molecule has 0 bridgehead atoms. The Balaban J connectivity index is 2.01. The Morgan fingerprint density at radius 3 is 2.35 bits per heavy atom. The summed E-state index contributed by atoms with van der Waals surface area (Å²) in [6.07, 6.45) is -3.34. The number of benzene rings is 1. The van der Waals surface area contributed by atoms with Crippen LogP contribution in [0, 0.1) is 5.41 Å². The molecule has 1 unspecified atom stereocenters. The SMILES string of the molecule is CC1(C)CN(Cc2ccc(C(F)(F)F)cc2)CCC1N. The Morgan fingerprint density at radius 2 is 1.85 bits per heavy atom. The van der Waals surface area contributed by atoms with E-state index in [0.717, 1.165) is 37.2 Å². The summed E-state index contributed by atoms with van der Waals surface area (Å²) < 4.78 is 37.5. The van der Waals surface area contributed by atoms with Gasteiger partial charge in [0.2, 0.25) is 0 Å². The van der Waals surface area contributed by atoms with Crippen molar-refractivity contribution in [3.63, 3.8) is 0 Å². The number of rotatable bonds is 2. The number of nitrogens with zero attached hydrogens (tertiary/aromatic N) is 1. The highest BCUT2D eigenvalue weighted by Crippen LogP contribution is 2.31. The Hall–Kier alpha value is -1.07. The molecular formula is C15H21F3N2. The number of likely N-dealkylation sites (tertiary alicyclic amines) is 1. The zero-order chi connectivity index (χ0) is 15.0. The van der Waals surface area contributed by atoms with Crippen molar-refractivity contribution in [2.24, 2.45) is 11.1 Å². The number of piperidine rings is 1. The fraction of sp³-hybridized carbons (Fsp3) is 0.600. The van der Waals surface area contributed by atoms with E-state index in [-0.39, 0.29) is 11.5 Å². The number of alkyl halides is 3. The van der Waals surface area contributed by atoms with Crippen LogP contribution < -0.4 is 5.73 Å². The van der Waals surface area contributed by atoms with Crippen LogP contribution in [0.1, 0.15) is 31.4 Å². The van der Waals surface area contributed by atoms with Gasteiger partial charge in [-0.15, -0.1) is 0 Å². The third-order valence-corrected chi connectivity index (χ3v) is 4.08. The molecule has 0 spiro atoms. The number of nitrogens with two attached hydrogens (primary N) is 1. The summed E-state index contributed by atoms with van der Waals surface area (Å²) in [6, 6.07) is 5.60. The van der Waals surface area contributed by atoms with Gasteiger partial charge in [0.1, 0.15) is 0 Å². The van der Waals surface area contributed by atoms with Gasteiger partial charge in [0.15, 0.2) is 0 Å². The van der Waals surface area contributed by atoms with Crippen LogP contribution >= 0.6 is 0 Å². The smallest absolute Gasteiger partial charge is 0.327 e. The van der Waals surface area contributed by atoms with E-state index in [1.54, 1.807) is 12.1 Å². The highest BCUT2D eigenvalue weighted by molar-refractivity contribution is 5.24. The van der Waals surface area contributed by atoms with Crippen molar-refractivity contribution >= 4 is 0 Å². The fourth-order valence-corrected chi connectivity index (χ4v) is 2.68. The summed E-state index contributed by atoms with van der Waals surface area (Å²) in [6.45, 7) is 6.71. The van der Waals surface area contributed by atoms with Gasteiger partial charge < -0.3 is 5.73 Å². The quantitative estimate of drug-likeness (QED) is 0.904. The van der Waals surface area contributed by atoms with E-state index in [9.17, 15) is 13.2 Å². The first-order valence-electron chi connectivity index (χ1n) is 6.82. The van der Waals surface area contributed by atoms with Crippen molar-refractivity contribution in [1.29, 1.82) is 0 Å². The van der Waals surface area contributed by atoms with Gasteiger partial charge in [-0.05, 0) is 29.5 Å². The van der Waals surface area contributed by atoms with Crippen LogP contribution in [0.15, 0.2) is 24.3 Å². The maximum Gasteiger partial charge on any atom is 0.416 e. The van der Waals surface area contributed by atoms with E-state index in [1.165, 1.54) is 0 Å². The second kappa shape index (κ2) is 5.37. The zero-order valence-corrected chi connectivity index (χ0v) is 11.9. The molecule has 0 aliphatic carbocycles. The van der Waals surface area contributed by atoms with Gasteiger partial charge in [-0.3, -0.25) is 4.90 Å². The first kappa shape index (κ1) is 15.3. The zero-order valence-electron chi connectivity index (χ0n) is 11.9. The average Bonchev–Trinajstić information content (AvgIpc) is 2.33. The molecule has 112 valence electrons. The lowest BCUT2D eigenvalue weighted by Crippen LogP contribution is -2.52. The monoisotopic (exact) mass is 286 g/mol. The van der Waals surface area contributed by atoms with Crippen LogP contribution in [0.3, 0.4) is 0 Å². The Morgan fingerprint density at radius 1 is 1.25 bits per heavy atom. The lowest BCUT2D eigenvalue weighted by atomic mass is 9.79. The summed E-state index contributed by atoms with van der Waals surface area (Å²) in [4.78, 5) is 2.26. The summed E-state index contributed by atoms with van der Waals surface area (Å²) in [5.74, 6) is 0. The summed E-state index contributed by atoms with van der Waals surface area (Å²) in [5, 5.41) is 0. The standard InChI is InChI=1S/C15H21F3N2/c1-14(2)10-20(8-7-13(14)19)9-11-3-5-12(6-4-11)15(16,17)18/h3-6,13H,7-10,19H2,1-2H3. The van der Waals surface area contributed by atoms with E-state index in [0.29, 0.717) is 6.54 Å². The summed E-state index contributed by atoms with van der Waals surface area (Å²) in [7, 11) is 0. The van der Waals surface area contributed by atoms with Crippen LogP contribution in [0.25, 0.3) is 0 Å². The highest BCUT2D eigenvalue weighted by atomic mass is 19.4. The second-order valence-corrected chi connectivity index (χ2v) is 6.29. The molecule has 1 heterocycles. The van der Waals surface area contributed by atoms with Crippen molar-refractivity contribution in [1.82, 2.24) is 4.90 Å². The molecular weight excluding hydrogens is 265 g/mol. The maximum atomic E-state index is 12.5. The van der Waals surface area contributed by atoms with Crippen molar-refractivity contribution in [3.8, 4) is 0 Å². The molecule has 1 atom stereocenters. The van der Waals surface area contributed by atoms with Gasteiger partial charge in [-0.2, -0.15) is 13.2 Å². The second-order valence-electron chi connectivity index (χ2n) is 6.29. The molecule has 2 N–H and O–H groups in total. The molecule has 2 nitrogen and oxygen atoms in total. The predicted molar refractivity (Wildman–Crippen MR) is 73.1 cm³/mol. The third kappa shape index (κ3) is 3.52. The molecule has 5 heteroatoms. The average molecular weight is 286 g/mol. The molecule has 1 aliphatic rings. The van der Waals surface area contributed by atoms with Crippen LogP contribution in [0.2, 0.25) is 0 Å². The minimum absolute atomic E-state index is 0.0458. The van der Waals surface area contributed by atoms with E-state index in [4.69, 9.17) is 5.73 Å². The lowest BCUT2D eigenvalue weighted by Gasteiger charge is -2.42. The van der Waals surface area contributed by atoms with E-state index in [1.807, 2.05) is 0 Å². The Labute approximate surface area is 117 Å². The lowest BCUT2D eigenvalue weighted by molar-refractivity contribution is -0.137. The molecule has 0 aromatic heterocycles. The maximum absolute atomic E-state index is 12.5. The van der Waals surface area contributed by atoms with Crippen molar-refractivity contribution < 1.29 is 13.2 Å². The molecule has 20 heavy (non-hydrogen) atoms. The summed E-state index contributed by atoms with van der Waals surface area (Å²) >= 11 is 0. The topological polar surface area (TPSA) is 29.3 Å². The first-order chi connectivity index (χ1) is 9.18. The molecule has 0 amide bonds. The third-order valence-electron chi connectivity index (χ3n) is 4.08.